The van der Waals surface area contributed by atoms with E-state index in [9.17, 15) is 34.5 Å². The van der Waals surface area contributed by atoms with Crippen LogP contribution in [0.1, 0.15) is 53.4 Å². The van der Waals surface area contributed by atoms with Crippen molar-refractivity contribution in [2.24, 2.45) is 5.41 Å². The first-order valence-corrected chi connectivity index (χ1v) is 9.21. The number of carboxylic acid groups (broad SMARTS) is 1. The summed E-state index contributed by atoms with van der Waals surface area (Å²) in [5.74, 6) is -3.88. The van der Waals surface area contributed by atoms with Gasteiger partial charge in [-0.05, 0) is 31.6 Å². The molecule has 0 radical (unpaired) electrons. The van der Waals surface area contributed by atoms with Crippen LogP contribution in [0, 0.1) is 5.41 Å². The van der Waals surface area contributed by atoms with Gasteiger partial charge in [0.25, 0.3) is 0 Å². The zero-order valence-corrected chi connectivity index (χ0v) is 16.9. The van der Waals surface area contributed by atoms with Crippen molar-refractivity contribution in [2.45, 2.75) is 64.6 Å². The molecule has 2 aliphatic rings. The van der Waals surface area contributed by atoms with E-state index in [1.807, 2.05) is 0 Å². The maximum Gasteiger partial charge on any atom is 0.372 e. The predicted molar refractivity (Wildman–Crippen MR) is 101 cm³/mol. The van der Waals surface area contributed by atoms with Crippen molar-refractivity contribution in [3.63, 3.8) is 0 Å². The van der Waals surface area contributed by atoms with E-state index in [0.29, 0.717) is 5.57 Å². The summed E-state index contributed by atoms with van der Waals surface area (Å²) in [4.78, 5) is 47.9. The number of aliphatic hydroxyl groups is 2. The molecule has 0 amide bonds. The molecule has 158 valence electrons. The maximum atomic E-state index is 12.3. The second kappa shape index (κ2) is 7.68. The highest BCUT2D eigenvalue weighted by Crippen LogP contribution is 2.44. The second-order valence-corrected chi connectivity index (χ2v) is 8.65. The van der Waals surface area contributed by atoms with E-state index < -0.39 is 52.9 Å². The molecule has 1 aliphatic heterocycles. The van der Waals surface area contributed by atoms with E-state index in [4.69, 9.17) is 4.74 Å². The zero-order chi connectivity index (χ0) is 22.2. The molecule has 2 atom stereocenters. The molecule has 0 saturated heterocycles. The van der Waals surface area contributed by atoms with Gasteiger partial charge in [0, 0.05) is 30.3 Å². The fourth-order valence-corrected chi connectivity index (χ4v) is 3.77. The van der Waals surface area contributed by atoms with Crippen LogP contribution in [0.25, 0.3) is 0 Å². The Morgan fingerprint density at radius 1 is 1.10 bits per heavy atom. The fraction of sp³-hybridized carbons (Fsp3) is 0.524. The van der Waals surface area contributed by atoms with Crippen LogP contribution in [0.4, 0.5) is 0 Å². The lowest BCUT2D eigenvalue weighted by Crippen LogP contribution is -2.48. The van der Waals surface area contributed by atoms with Gasteiger partial charge in [-0.2, -0.15) is 0 Å². The quantitative estimate of drug-likeness (QED) is 0.601. The first kappa shape index (κ1) is 22.7. The van der Waals surface area contributed by atoms with Crippen LogP contribution in [0.5, 0.6) is 0 Å². The Morgan fingerprint density at radius 2 is 1.72 bits per heavy atom. The predicted octanol–water partition coefficient (Wildman–Crippen LogP) is 1.60. The van der Waals surface area contributed by atoms with Crippen molar-refractivity contribution < 1.29 is 39.2 Å². The highest BCUT2D eigenvalue weighted by Gasteiger charge is 2.47. The third kappa shape index (κ3) is 4.89. The van der Waals surface area contributed by atoms with Crippen molar-refractivity contribution in [3.8, 4) is 0 Å². The molecule has 2 rings (SSSR count). The third-order valence-corrected chi connectivity index (χ3v) is 5.34. The lowest BCUT2D eigenvalue weighted by Gasteiger charge is -2.44. The van der Waals surface area contributed by atoms with E-state index in [0.717, 1.165) is 0 Å². The summed E-state index contributed by atoms with van der Waals surface area (Å²) in [6, 6.07) is 0. The number of rotatable bonds is 3. The van der Waals surface area contributed by atoms with Gasteiger partial charge in [-0.25, -0.2) is 4.79 Å². The molecule has 0 aromatic heterocycles. The van der Waals surface area contributed by atoms with Crippen molar-refractivity contribution in [3.05, 3.63) is 35.1 Å². The standard InChI is InChI=1S/C21H26O8/c1-12-7-14(22)9-19(2,3)21(12,28)6-5-13-8-15(23)10-20(4,27)11-16(24)29-17(13)18(25)26/h5-7,27-28H,8-11H2,1-4H3,(H,25,26). The lowest BCUT2D eigenvalue weighted by molar-refractivity contribution is -0.151. The van der Waals surface area contributed by atoms with Crippen LogP contribution in [0.3, 0.4) is 0 Å². The molecule has 1 aliphatic carbocycles. The van der Waals surface area contributed by atoms with Gasteiger partial charge in [0.2, 0.25) is 5.76 Å². The van der Waals surface area contributed by atoms with E-state index in [2.05, 4.69) is 0 Å². The number of hydrogen-bond acceptors (Lipinski definition) is 7. The van der Waals surface area contributed by atoms with Gasteiger partial charge < -0.3 is 20.1 Å². The Labute approximate surface area is 168 Å². The summed E-state index contributed by atoms with van der Waals surface area (Å²) in [5, 5.41) is 30.9. The Hall–Kier alpha value is -2.58. The molecule has 0 aromatic carbocycles. The number of allylic oxidation sites excluding steroid dienone is 3. The molecule has 0 saturated carbocycles. The molecule has 0 aromatic rings. The third-order valence-electron chi connectivity index (χ3n) is 5.34. The van der Waals surface area contributed by atoms with Crippen LogP contribution in [-0.2, 0) is 23.9 Å². The van der Waals surface area contributed by atoms with Crippen LogP contribution >= 0.6 is 0 Å². The Balaban J connectivity index is 2.54. The van der Waals surface area contributed by atoms with Gasteiger partial charge in [-0.15, -0.1) is 0 Å². The Bertz CT molecular complexity index is 856. The number of aliphatic carboxylic acids is 1. The minimum atomic E-state index is -1.65. The van der Waals surface area contributed by atoms with Gasteiger partial charge in [0.1, 0.15) is 11.4 Å². The Morgan fingerprint density at radius 3 is 2.28 bits per heavy atom. The fourth-order valence-electron chi connectivity index (χ4n) is 3.77. The molecular weight excluding hydrogens is 380 g/mol. The molecule has 8 nitrogen and oxygen atoms in total. The normalized spacial score (nSPS) is 31.1. The van der Waals surface area contributed by atoms with E-state index in [1.54, 1.807) is 20.8 Å². The van der Waals surface area contributed by atoms with Gasteiger partial charge in [-0.3, -0.25) is 14.4 Å². The maximum absolute atomic E-state index is 12.3. The number of cyclic esters (lactones) is 1. The highest BCUT2D eigenvalue weighted by molar-refractivity contribution is 5.94. The first-order valence-electron chi connectivity index (χ1n) is 9.21. The average Bonchev–Trinajstić information content (AvgIpc) is 2.56. The van der Waals surface area contributed by atoms with Gasteiger partial charge in [0.05, 0.1) is 12.0 Å². The molecular formula is C21H26O8. The van der Waals surface area contributed by atoms with E-state index in [1.165, 1.54) is 25.2 Å². The minimum absolute atomic E-state index is 0.0762. The zero-order valence-electron chi connectivity index (χ0n) is 16.9. The average molecular weight is 406 g/mol. The summed E-state index contributed by atoms with van der Waals surface area (Å²) in [6.45, 7) is 6.28. The SMILES string of the molecule is CC1=CC(=O)CC(C)(C)C1(O)C=CC1=C(C(=O)O)OC(=O)CC(C)(O)CC(=O)C1. The van der Waals surface area contributed by atoms with Gasteiger partial charge in [0.15, 0.2) is 5.78 Å². The first-order chi connectivity index (χ1) is 13.2. The van der Waals surface area contributed by atoms with Crippen LogP contribution < -0.4 is 0 Å². The van der Waals surface area contributed by atoms with Crippen molar-refractivity contribution in [1.29, 1.82) is 0 Å². The number of Topliss-reactive ketones (excluding diaryl/α,β-unsaturated/α-hetero) is 1. The number of carbonyl (C=O) groups is 4. The number of ketones is 2. The smallest absolute Gasteiger partial charge is 0.372 e. The second-order valence-electron chi connectivity index (χ2n) is 8.65. The number of hydrogen-bond donors (Lipinski definition) is 3. The van der Waals surface area contributed by atoms with E-state index >= 15 is 0 Å². The summed E-state index contributed by atoms with van der Waals surface area (Å²) < 4.78 is 4.93. The van der Waals surface area contributed by atoms with Gasteiger partial charge in [-0.1, -0.05) is 19.9 Å². The van der Waals surface area contributed by atoms with Crippen molar-refractivity contribution in [1.82, 2.24) is 0 Å². The molecule has 0 bridgehead atoms. The number of ether oxygens (including phenoxy) is 1. The molecule has 8 heteroatoms. The summed E-state index contributed by atoms with van der Waals surface area (Å²) >= 11 is 0. The monoisotopic (exact) mass is 406 g/mol. The van der Waals surface area contributed by atoms with E-state index in [-0.39, 0.29) is 24.2 Å². The summed E-state index contributed by atoms with van der Waals surface area (Å²) in [6.07, 6.45) is 2.67. The molecule has 29 heavy (non-hydrogen) atoms. The Kier molecular flexibility index (Phi) is 6.02. The highest BCUT2D eigenvalue weighted by atomic mass is 16.6. The summed E-state index contributed by atoms with van der Waals surface area (Å²) in [5.41, 5.74) is -3.84. The number of carboxylic acids is 1. The van der Waals surface area contributed by atoms with Crippen molar-refractivity contribution >= 4 is 23.5 Å². The van der Waals surface area contributed by atoms with Crippen LogP contribution in [0.15, 0.2) is 35.1 Å². The molecule has 1 heterocycles. The minimum Gasteiger partial charge on any atom is -0.475 e. The summed E-state index contributed by atoms with van der Waals surface area (Å²) in [7, 11) is 0. The topological polar surface area (TPSA) is 138 Å². The molecule has 3 N–H and O–H groups in total. The largest absolute Gasteiger partial charge is 0.475 e. The number of esters is 1. The van der Waals surface area contributed by atoms with Gasteiger partial charge >= 0.3 is 11.9 Å². The van der Waals surface area contributed by atoms with Crippen LogP contribution in [0.2, 0.25) is 0 Å². The molecule has 2 unspecified atom stereocenters. The lowest BCUT2D eigenvalue weighted by atomic mass is 9.64. The van der Waals surface area contributed by atoms with Crippen molar-refractivity contribution in [2.75, 3.05) is 0 Å². The van der Waals surface area contributed by atoms with Crippen LogP contribution in [-0.4, -0.2) is 50.0 Å². The molecule has 0 fully saturated rings. The molecule has 0 spiro atoms. The number of carbonyl (C=O) groups excluding carboxylic acids is 3.